The molecule has 1 N–H and O–H groups in total. The lowest BCUT2D eigenvalue weighted by atomic mass is 10.2. The lowest BCUT2D eigenvalue weighted by Crippen LogP contribution is -2.41. The molecule has 2 rings (SSSR count). The number of nitrogens with zero attached hydrogens (tertiary/aromatic N) is 1. The maximum Gasteiger partial charge on any atom is 0.304 e. The lowest BCUT2D eigenvalue weighted by Gasteiger charge is -2.26. The fraction of sp³-hybridized carbons (Fsp3) is 0.909. The first-order chi connectivity index (χ1) is 8.01. The highest BCUT2D eigenvalue weighted by atomic mass is 32.2. The molecule has 1 aliphatic carbocycles. The second-order valence-electron chi connectivity index (χ2n) is 4.96. The third kappa shape index (κ3) is 2.63. The summed E-state index contributed by atoms with van der Waals surface area (Å²) >= 11 is 0. The molecule has 0 aromatic carbocycles. The van der Waals surface area contributed by atoms with Crippen molar-refractivity contribution in [2.75, 3.05) is 6.54 Å². The molecule has 0 aromatic heterocycles. The van der Waals surface area contributed by atoms with E-state index < -0.39 is 16.0 Å². The van der Waals surface area contributed by atoms with Crippen LogP contribution in [0.4, 0.5) is 0 Å². The highest BCUT2D eigenvalue weighted by Crippen LogP contribution is 2.32. The number of rotatable bonds is 4. The highest BCUT2D eigenvalue weighted by Gasteiger charge is 2.40. The Morgan fingerprint density at radius 1 is 1.18 bits per heavy atom. The van der Waals surface area contributed by atoms with Crippen LogP contribution in [0.25, 0.3) is 0 Å². The summed E-state index contributed by atoms with van der Waals surface area (Å²) in [6.45, 7) is 0.497. The molecule has 1 unspecified atom stereocenters. The molecule has 0 bridgehead atoms. The summed E-state index contributed by atoms with van der Waals surface area (Å²) in [6.07, 6.45) is 4.81. The summed E-state index contributed by atoms with van der Waals surface area (Å²) in [4.78, 5) is 10.7. The first-order valence-corrected chi connectivity index (χ1v) is 7.74. The zero-order valence-corrected chi connectivity index (χ0v) is 10.7. The van der Waals surface area contributed by atoms with E-state index in [1.807, 2.05) is 0 Å². The van der Waals surface area contributed by atoms with Crippen LogP contribution in [-0.2, 0) is 14.8 Å². The van der Waals surface area contributed by atoms with Crippen molar-refractivity contribution in [3.63, 3.8) is 0 Å². The van der Waals surface area contributed by atoms with Crippen molar-refractivity contribution >= 4 is 16.0 Å². The van der Waals surface area contributed by atoms with Gasteiger partial charge in [-0.25, -0.2) is 8.42 Å². The molecule has 98 valence electrons. The summed E-state index contributed by atoms with van der Waals surface area (Å²) in [5, 5.41) is 8.53. The number of hydrogen-bond acceptors (Lipinski definition) is 3. The van der Waals surface area contributed by atoms with Crippen LogP contribution in [0.2, 0.25) is 0 Å². The van der Waals surface area contributed by atoms with Gasteiger partial charge in [0.15, 0.2) is 0 Å². The molecule has 1 aliphatic heterocycles. The minimum Gasteiger partial charge on any atom is -0.481 e. The van der Waals surface area contributed by atoms with Crippen LogP contribution in [0.15, 0.2) is 0 Å². The van der Waals surface area contributed by atoms with Crippen LogP contribution in [0.5, 0.6) is 0 Å². The van der Waals surface area contributed by atoms with Crippen LogP contribution in [-0.4, -0.2) is 41.6 Å². The van der Waals surface area contributed by atoms with Gasteiger partial charge < -0.3 is 5.11 Å². The van der Waals surface area contributed by atoms with Gasteiger partial charge in [-0.15, -0.1) is 0 Å². The topological polar surface area (TPSA) is 74.7 Å². The van der Waals surface area contributed by atoms with Crippen molar-refractivity contribution in [2.24, 2.45) is 0 Å². The van der Waals surface area contributed by atoms with Crippen molar-refractivity contribution in [3.8, 4) is 0 Å². The van der Waals surface area contributed by atoms with E-state index in [0.29, 0.717) is 13.0 Å². The van der Waals surface area contributed by atoms with Gasteiger partial charge in [-0.05, 0) is 25.7 Å². The molecule has 1 atom stereocenters. The number of carboxylic acids is 1. The molecule has 1 heterocycles. The van der Waals surface area contributed by atoms with Gasteiger partial charge in [-0.2, -0.15) is 4.31 Å². The fourth-order valence-electron chi connectivity index (χ4n) is 2.93. The predicted octanol–water partition coefficient (Wildman–Crippen LogP) is 1.20. The molecule has 0 amide bonds. The molecule has 0 aromatic rings. The minimum atomic E-state index is -3.26. The molecular weight excluding hydrogens is 242 g/mol. The Kier molecular flexibility index (Phi) is 3.73. The Morgan fingerprint density at radius 2 is 1.82 bits per heavy atom. The van der Waals surface area contributed by atoms with Crippen LogP contribution < -0.4 is 0 Å². The van der Waals surface area contributed by atoms with Crippen LogP contribution >= 0.6 is 0 Å². The molecular formula is C11H19NO4S. The second-order valence-corrected chi connectivity index (χ2v) is 7.12. The Morgan fingerprint density at radius 3 is 2.41 bits per heavy atom. The van der Waals surface area contributed by atoms with Gasteiger partial charge >= 0.3 is 5.97 Å². The minimum absolute atomic E-state index is 0.0635. The predicted molar refractivity (Wildman–Crippen MR) is 63.2 cm³/mol. The molecule has 2 fully saturated rings. The van der Waals surface area contributed by atoms with Gasteiger partial charge in [0.2, 0.25) is 10.0 Å². The normalized spacial score (nSPS) is 27.6. The standard InChI is InChI=1S/C11H19NO4S/c13-11(14)8-9-4-3-7-12(9)17(15,16)10-5-1-2-6-10/h9-10H,1-8H2,(H,13,14). The molecule has 2 aliphatic rings. The molecule has 0 spiro atoms. The summed E-state index contributed by atoms with van der Waals surface area (Å²) in [5.74, 6) is -0.913. The smallest absolute Gasteiger partial charge is 0.304 e. The number of carbonyl (C=O) groups is 1. The van der Waals surface area contributed by atoms with Gasteiger partial charge in [-0.1, -0.05) is 12.8 Å². The first-order valence-electron chi connectivity index (χ1n) is 6.24. The number of hydrogen-bond donors (Lipinski definition) is 1. The largest absolute Gasteiger partial charge is 0.481 e. The van der Waals surface area contributed by atoms with Gasteiger partial charge in [0.1, 0.15) is 0 Å². The molecule has 1 saturated heterocycles. The number of carboxylic acid groups (broad SMARTS) is 1. The third-order valence-corrected chi connectivity index (χ3v) is 6.23. The van der Waals surface area contributed by atoms with E-state index >= 15 is 0 Å². The quantitative estimate of drug-likeness (QED) is 0.825. The van der Waals surface area contributed by atoms with E-state index in [1.165, 1.54) is 4.31 Å². The maximum atomic E-state index is 12.4. The lowest BCUT2D eigenvalue weighted by molar-refractivity contribution is -0.137. The maximum absolute atomic E-state index is 12.4. The van der Waals surface area contributed by atoms with Gasteiger partial charge in [0.05, 0.1) is 11.7 Å². The third-order valence-electron chi connectivity index (χ3n) is 3.78. The first kappa shape index (κ1) is 12.8. The van der Waals surface area contributed by atoms with Crippen molar-refractivity contribution in [1.82, 2.24) is 4.31 Å². The van der Waals surface area contributed by atoms with Gasteiger partial charge in [-0.3, -0.25) is 4.79 Å². The fourth-order valence-corrected chi connectivity index (χ4v) is 5.22. The van der Waals surface area contributed by atoms with E-state index in [-0.39, 0.29) is 17.7 Å². The van der Waals surface area contributed by atoms with Gasteiger partial charge in [0.25, 0.3) is 0 Å². The zero-order chi connectivity index (χ0) is 12.5. The molecule has 1 saturated carbocycles. The SMILES string of the molecule is O=C(O)CC1CCCN1S(=O)(=O)C1CCCC1. The zero-order valence-electron chi connectivity index (χ0n) is 9.84. The van der Waals surface area contributed by atoms with Crippen molar-refractivity contribution in [1.29, 1.82) is 0 Å². The van der Waals surface area contributed by atoms with E-state index in [4.69, 9.17) is 5.11 Å². The Bertz CT molecular complexity index is 386. The van der Waals surface area contributed by atoms with Crippen molar-refractivity contribution in [2.45, 2.75) is 56.2 Å². The van der Waals surface area contributed by atoms with Crippen LogP contribution in [0, 0.1) is 0 Å². The van der Waals surface area contributed by atoms with E-state index in [1.54, 1.807) is 0 Å². The Balaban J connectivity index is 2.11. The average molecular weight is 261 g/mol. The second kappa shape index (κ2) is 4.94. The molecule has 6 heteroatoms. The number of sulfonamides is 1. The molecule has 17 heavy (non-hydrogen) atoms. The molecule has 5 nitrogen and oxygen atoms in total. The van der Waals surface area contributed by atoms with E-state index in [2.05, 4.69) is 0 Å². The van der Waals surface area contributed by atoms with Crippen molar-refractivity contribution in [3.05, 3.63) is 0 Å². The summed E-state index contributed by atoms with van der Waals surface area (Å²) in [7, 11) is -3.26. The van der Waals surface area contributed by atoms with Crippen LogP contribution in [0.1, 0.15) is 44.9 Å². The van der Waals surface area contributed by atoms with Gasteiger partial charge in [0, 0.05) is 12.6 Å². The van der Waals surface area contributed by atoms with Crippen LogP contribution in [0.3, 0.4) is 0 Å². The number of aliphatic carboxylic acids is 1. The summed E-state index contributed by atoms with van der Waals surface area (Å²) in [5.41, 5.74) is 0. The molecule has 0 radical (unpaired) electrons. The van der Waals surface area contributed by atoms with Crippen molar-refractivity contribution < 1.29 is 18.3 Å². The van der Waals surface area contributed by atoms with E-state index in [0.717, 1.165) is 32.1 Å². The van der Waals surface area contributed by atoms with E-state index in [9.17, 15) is 13.2 Å². The average Bonchev–Trinajstić information content (AvgIpc) is 2.85. The summed E-state index contributed by atoms with van der Waals surface area (Å²) < 4.78 is 26.2. The summed E-state index contributed by atoms with van der Waals surface area (Å²) in [6, 6.07) is -0.321. The highest BCUT2D eigenvalue weighted by molar-refractivity contribution is 7.89. The monoisotopic (exact) mass is 261 g/mol. The Hall–Kier alpha value is -0.620. The Labute approximate surface area is 102 Å².